The van der Waals surface area contributed by atoms with Crippen LogP contribution in [0.4, 0.5) is 0 Å². The van der Waals surface area contributed by atoms with Gasteiger partial charge in [-0.05, 0) is 34.9 Å². The highest BCUT2D eigenvalue weighted by Gasteiger charge is 2.27. The summed E-state index contributed by atoms with van der Waals surface area (Å²) in [7, 11) is 0. The highest BCUT2D eigenvalue weighted by Crippen LogP contribution is 2.28. The standard InChI is InChI=1S/C17H25NO2/c1-5-15(16(19)20)18-9-8-12-10-14(17(2,3)4)7-6-13(12)11-18/h6-7,10,15H,5,8-9,11H2,1-4H3,(H,19,20)/t15-/m1/s1. The van der Waals surface area contributed by atoms with E-state index in [1.807, 2.05) is 6.92 Å². The largest absolute Gasteiger partial charge is 0.480 e. The van der Waals surface area contributed by atoms with Crippen LogP contribution in [-0.2, 0) is 23.2 Å². The van der Waals surface area contributed by atoms with Gasteiger partial charge in [-0.1, -0.05) is 45.9 Å². The zero-order valence-electron chi connectivity index (χ0n) is 12.9. The lowest BCUT2D eigenvalue weighted by atomic mass is 9.84. The quantitative estimate of drug-likeness (QED) is 0.921. The second kappa shape index (κ2) is 5.57. The lowest BCUT2D eigenvalue weighted by Crippen LogP contribution is -2.43. The van der Waals surface area contributed by atoms with Crippen molar-refractivity contribution >= 4 is 5.97 Å². The highest BCUT2D eigenvalue weighted by atomic mass is 16.4. The van der Waals surface area contributed by atoms with E-state index >= 15 is 0 Å². The van der Waals surface area contributed by atoms with Gasteiger partial charge in [0, 0.05) is 13.1 Å². The molecule has 0 amide bonds. The average Bonchev–Trinajstić information content (AvgIpc) is 2.37. The number of carboxylic acid groups (broad SMARTS) is 1. The second-order valence-electron chi connectivity index (χ2n) is 6.72. The summed E-state index contributed by atoms with van der Waals surface area (Å²) in [6, 6.07) is 6.31. The molecular weight excluding hydrogens is 250 g/mol. The average molecular weight is 275 g/mol. The van der Waals surface area contributed by atoms with E-state index in [0.717, 1.165) is 19.5 Å². The van der Waals surface area contributed by atoms with Crippen molar-refractivity contribution in [2.24, 2.45) is 0 Å². The van der Waals surface area contributed by atoms with Crippen LogP contribution in [0, 0.1) is 0 Å². The summed E-state index contributed by atoms with van der Waals surface area (Å²) < 4.78 is 0. The minimum Gasteiger partial charge on any atom is -0.480 e. The molecule has 0 radical (unpaired) electrons. The number of hydrogen-bond acceptors (Lipinski definition) is 2. The molecule has 0 bridgehead atoms. The highest BCUT2D eigenvalue weighted by molar-refractivity contribution is 5.73. The lowest BCUT2D eigenvalue weighted by Gasteiger charge is -2.33. The van der Waals surface area contributed by atoms with Crippen molar-refractivity contribution in [1.82, 2.24) is 4.90 Å². The molecule has 0 aromatic heterocycles. The first-order valence-corrected chi connectivity index (χ1v) is 7.42. The van der Waals surface area contributed by atoms with E-state index < -0.39 is 5.97 Å². The van der Waals surface area contributed by atoms with Crippen LogP contribution in [0.15, 0.2) is 18.2 Å². The number of benzene rings is 1. The Bertz CT molecular complexity index is 502. The van der Waals surface area contributed by atoms with Gasteiger partial charge in [-0.3, -0.25) is 9.69 Å². The Kier molecular flexibility index (Phi) is 4.19. The summed E-state index contributed by atoms with van der Waals surface area (Å²) in [5.74, 6) is -0.706. The van der Waals surface area contributed by atoms with E-state index in [1.54, 1.807) is 0 Å². The van der Waals surface area contributed by atoms with Gasteiger partial charge in [-0.2, -0.15) is 0 Å². The molecule has 1 atom stereocenters. The van der Waals surface area contributed by atoms with Crippen molar-refractivity contribution in [3.8, 4) is 0 Å². The third-order valence-corrected chi connectivity index (χ3v) is 4.23. The normalized spacial score (nSPS) is 17.6. The summed E-state index contributed by atoms with van der Waals surface area (Å²) in [6.07, 6.45) is 1.60. The smallest absolute Gasteiger partial charge is 0.320 e. The predicted molar refractivity (Wildman–Crippen MR) is 81.0 cm³/mol. The zero-order valence-corrected chi connectivity index (χ0v) is 12.9. The Morgan fingerprint density at radius 3 is 2.60 bits per heavy atom. The lowest BCUT2D eigenvalue weighted by molar-refractivity contribution is -0.143. The summed E-state index contributed by atoms with van der Waals surface area (Å²) in [5.41, 5.74) is 4.19. The molecule has 0 unspecified atom stereocenters. The minimum absolute atomic E-state index is 0.166. The molecule has 0 saturated carbocycles. The molecule has 3 nitrogen and oxygen atoms in total. The number of carboxylic acids is 1. The van der Waals surface area contributed by atoms with Crippen LogP contribution >= 0.6 is 0 Å². The molecule has 1 heterocycles. The van der Waals surface area contributed by atoms with Crippen LogP contribution < -0.4 is 0 Å². The molecule has 0 fully saturated rings. The van der Waals surface area contributed by atoms with Crippen LogP contribution in [0.5, 0.6) is 0 Å². The molecule has 0 aliphatic carbocycles. The molecule has 20 heavy (non-hydrogen) atoms. The molecule has 110 valence electrons. The van der Waals surface area contributed by atoms with E-state index in [9.17, 15) is 9.90 Å². The first-order valence-electron chi connectivity index (χ1n) is 7.42. The van der Waals surface area contributed by atoms with Gasteiger partial charge in [0.05, 0.1) is 0 Å². The molecule has 3 heteroatoms. The molecule has 1 aromatic carbocycles. The predicted octanol–water partition coefficient (Wildman–Crippen LogP) is 3.21. The fraction of sp³-hybridized carbons (Fsp3) is 0.588. The van der Waals surface area contributed by atoms with Gasteiger partial charge in [0.25, 0.3) is 0 Å². The fourth-order valence-corrected chi connectivity index (χ4v) is 2.90. The monoisotopic (exact) mass is 275 g/mol. The van der Waals surface area contributed by atoms with E-state index in [-0.39, 0.29) is 11.5 Å². The Balaban J connectivity index is 2.22. The van der Waals surface area contributed by atoms with Crippen LogP contribution in [0.2, 0.25) is 0 Å². The topological polar surface area (TPSA) is 40.5 Å². The van der Waals surface area contributed by atoms with E-state index in [1.165, 1.54) is 16.7 Å². The number of aliphatic carboxylic acids is 1. The molecular formula is C17H25NO2. The van der Waals surface area contributed by atoms with Gasteiger partial charge < -0.3 is 5.11 Å². The molecule has 0 spiro atoms. The SMILES string of the molecule is CC[C@H](C(=O)O)N1CCc2cc(C(C)(C)C)ccc2C1. The van der Waals surface area contributed by atoms with E-state index in [0.29, 0.717) is 6.42 Å². The molecule has 2 rings (SSSR count). The summed E-state index contributed by atoms with van der Waals surface area (Å²) >= 11 is 0. The van der Waals surface area contributed by atoms with Crippen molar-refractivity contribution in [1.29, 1.82) is 0 Å². The van der Waals surface area contributed by atoms with Gasteiger partial charge in [0.15, 0.2) is 0 Å². The third kappa shape index (κ3) is 3.04. The fourth-order valence-electron chi connectivity index (χ4n) is 2.90. The Hall–Kier alpha value is -1.35. The van der Waals surface area contributed by atoms with Crippen molar-refractivity contribution in [3.63, 3.8) is 0 Å². The van der Waals surface area contributed by atoms with Gasteiger partial charge in [-0.25, -0.2) is 0 Å². The first kappa shape index (κ1) is 15.0. The maximum Gasteiger partial charge on any atom is 0.320 e. The number of hydrogen-bond donors (Lipinski definition) is 1. The molecule has 1 aliphatic heterocycles. The van der Waals surface area contributed by atoms with Crippen LogP contribution in [0.1, 0.15) is 50.8 Å². The third-order valence-electron chi connectivity index (χ3n) is 4.23. The van der Waals surface area contributed by atoms with Crippen molar-refractivity contribution in [3.05, 3.63) is 34.9 Å². The second-order valence-corrected chi connectivity index (χ2v) is 6.72. The van der Waals surface area contributed by atoms with Crippen molar-refractivity contribution < 1.29 is 9.90 Å². The van der Waals surface area contributed by atoms with Crippen LogP contribution in [0.25, 0.3) is 0 Å². The van der Waals surface area contributed by atoms with Crippen LogP contribution in [-0.4, -0.2) is 28.6 Å². The summed E-state index contributed by atoms with van der Waals surface area (Å²) in [6.45, 7) is 10.2. The van der Waals surface area contributed by atoms with E-state index in [2.05, 4.69) is 43.9 Å². The summed E-state index contributed by atoms with van der Waals surface area (Å²) in [5, 5.41) is 9.28. The van der Waals surface area contributed by atoms with Gasteiger partial charge >= 0.3 is 5.97 Å². The Morgan fingerprint density at radius 2 is 2.05 bits per heavy atom. The van der Waals surface area contributed by atoms with Crippen LogP contribution in [0.3, 0.4) is 0 Å². The molecule has 1 N–H and O–H groups in total. The Morgan fingerprint density at radius 1 is 1.35 bits per heavy atom. The number of rotatable bonds is 3. The van der Waals surface area contributed by atoms with Gasteiger partial charge in [-0.15, -0.1) is 0 Å². The summed E-state index contributed by atoms with van der Waals surface area (Å²) in [4.78, 5) is 13.4. The van der Waals surface area contributed by atoms with Crippen molar-refractivity contribution in [2.75, 3.05) is 6.54 Å². The van der Waals surface area contributed by atoms with Gasteiger partial charge in [0.2, 0.25) is 0 Å². The number of carbonyl (C=O) groups is 1. The first-order chi connectivity index (χ1) is 9.32. The number of fused-ring (bicyclic) bond motifs is 1. The zero-order chi connectivity index (χ0) is 14.9. The molecule has 1 aromatic rings. The number of nitrogens with zero attached hydrogens (tertiary/aromatic N) is 1. The minimum atomic E-state index is -0.706. The van der Waals surface area contributed by atoms with E-state index in [4.69, 9.17) is 0 Å². The molecule has 0 saturated heterocycles. The molecule has 1 aliphatic rings. The van der Waals surface area contributed by atoms with Crippen molar-refractivity contribution in [2.45, 2.75) is 58.5 Å². The Labute approximate surface area is 121 Å². The maximum atomic E-state index is 11.3. The maximum absolute atomic E-state index is 11.3. The van der Waals surface area contributed by atoms with Gasteiger partial charge in [0.1, 0.15) is 6.04 Å².